The number of carboxylic acid groups (broad SMARTS) is 1. The number of aliphatic carboxylic acids is 1. The molecule has 0 unspecified atom stereocenters. The van der Waals surface area contributed by atoms with Gasteiger partial charge in [0.2, 0.25) is 10.0 Å². The standard InChI is InChI=1S/C24H25N3O4S/c25-15-17-5-7-21(8-6-17)32(30,31)27-12-10-19(14-24(28)29)20(16-27)13-23-22-4-2-1-3-18(22)9-11-26-23/h1-8,19-20H,9-14,16H2,(H,28,29)/t19-,20-/m0/s1. The Morgan fingerprint density at radius 3 is 2.62 bits per heavy atom. The number of hydrogen-bond donors (Lipinski definition) is 1. The van der Waals surface area contributed by atoms with Crippen LogP contribution in [0.4, 0.5) is 0 Å². The molecule has 2 heterocycles. The minimum Gasteiger partial charge on any atom is -0.481 e. The average molecular weight is 452 g/mol. The third kappa shape index (κ3) is 4.59. The molecule has 1 N–H and O–H groups in total. The van der Waals surface area contributed by atoms with E-state index in [-0.39, 0.29) is 36.2 Å². The number of nitrogens with zero attached hydrogens (tertiary/aromatic N) is 3. The highest BCUT2D eigenvalue weighted by molar-refractivity contribution is 7.89. The lowest BCUT2D eigenvalue weighted by Crippen LogP contribution is -2.45. The molecule has 0 saturated carbocycles. The van der Waals surface area contributed by atoms with Gasteiger partial charge in [-0.2, -0.15) is 9.57 Å². The molecule has 1 fully saturated rings. The fourth-order valence-electron chi connectivity index (χ4n) is 4.68. The minimum atomic E-state index is -3.74. The summed E-state index contributed by atoms with van der Waals surface area (Å²) in [6, 6.07) is 16.0. The first kappa shape index (κ1) is 22.2. The number of piperidine rings is 1. The van der Waals surface area contributed by atoms with E-state index in [1.54, 1.807) is 0 Å². The number of fused-ring (bicyclic) bond motifs is 1. The van der Waals surface area contributed by atoms with Crippen LogP contribution >= 0.6 is 0 Å². The van der Waals surface area contributed by atoms with Gasteiger partial charge < -0.3 is 5.11 Å². The maximum absolute atomic E-state index is 13.2. The molecule has 32 heavy (non-hydrogen) atoms. The molecule has 7 nitrogen and oxygen atoms in total. The molecular formula is C24H25N3O4S. The summed E-state index contributed by atoms with van der Waals surface area (Å²) in [6.07, 6.45) is 1.93. The van der Waals surface area contributed by atoms with Crippen molar-refractivity contribution < 1.29 is 18.3 Å². The molecule has 166 valence electrons. The van der Waals surface area contributed by atoms with Gasteiger partial charge in [0.15, 0.2) is 0 Å². The van der Waals surface area contributed by atoms with Crippen LogP contribution in [0.3, 0.4) is 0 Å². The smallest absolute Gasteiger partial charge is 0.303 e. The molecule has 0 aliphatic carbocycles. The lowest BCUT2D eigenvalue weighted by molar-refractivity contribution is -0.138. The fraction of sp³-hybridized carbons (Fsp3) is 0.375. The lowest BCUT2D eigenvalue weighted by atomic mass is 9.79. The molecule has 2 aromatic rings. The van der Waals surface area contributed by atoms with Crippen LogP contribution in [-0.2, 0) is 21.2 Å². The van der Waals surface area contributed by atoms with Crippen molar-refractivity contribution in [3.05, 3.63) is 65.2 Å². The number of sulfonamides is 1. The second-order valence-corrected chi connectivity index (χ2v) is 10.3. The normalized spacial score (nSPS) is 21.3. The number of carboxylic acids is 1. The molecule has 0 aromatic heterocycles. The second-order valence-electron chi connectivity index (χ2n) is 8.35. The molecule has 2 atom stereocenters. The van der Waals surface area contributed by atoms with Crippen molar-refractivity contribution in [2.75, 3.05) is 19.6 Å². The Morgan fingerprint density at radius 1 is 1.16 bits per heavy atom. The van der Waals surface area contributed by atoms with E-state index in [2.05, 4.69) is 6.07 Å². The van der Waals surface area contributed by atoms with Gasteiger partial charge in [-0.1, -0.05) is 24.3 Å². The summed E-state index contributed by atoms with van der Waals surface area (Å²) in [5.74, 6) is -1.12. The number of carbonyl (C=O) groups is 1. The zero-order valence-electron chi connectivity index (χ0n) is 17.6. The summed E-state index contributed by atoms with van der Waals surface area (Å²) < 4.78 is 27.9. The highest BCUT2D eigenvalue weighted by Crippen LogP contribution is 2.34. The first-order valence-electron chi connectivity index (χ1n) is 10.7. The minimum absolute atomic E-state index is 0.0182. The van der Waals surface area contributed by atoms with Crippen LogP contribution in [0.25, 0.3) is 0 Å². The largest absolute Gasteiger partial charge is 0.481 e. The van der Waals surface area contributed by atoms with Crippen LogP contribution in [0.1, 0.15) is 36.0 Å². The van der Waals surface area contributed by atoms with Gasteiger partial charge in [-0.3, -0.25) is 9.79 Å². The molecule has 0 amide bonds. The van der Waals surface area contributed by atoms with Crippen LogP contribution in [0.5, 0.6) is 0 Å². The second kappa shape index (κ2) is 9.23. The molecule has 2 aromatic carbocycles. The molecule has 2 aliphatic rings. The van der Waals surface area contributed by atoms with Crippen molar-refractivity contribution in [2.24, 2.45) is 16.8 Å². The molecule has 0 radical (unpaired) electrons. The Kier molecular flexibility index (Phi) is 6.40. The maximum atomic E-state index is 13.2. The third-order valence-corrected chi connectivity index (χ3v) is 8.26. The van der Waals surface area contributed by atoms with Crippen molar-refractivity contribution in [3.63, 3.8) is 0 Å². The van der Waals surface area contributed by atoms with Gasteiger partial charge in [0, 0.05) is 31.8 Å². The van der Waals surface area contributed by atoms with Crippen molar-refractivity contribution in [1.82, 2.24) is 4.31 Å². The van der Waals surface area contributed by atoms with Gasteiger partial charge in [0.05, 0.1) is 16.5 Å². The van der Waals surface area contributed by atoms with E-state index >= 15 is 0 Å². The highest BCUT2D eigenvalue weighted by atomic mass is 32.2. The Labute approximate surface area is 188 Å². The van der Waals surface area contributed by atoms with E-state index in [9.17, 15) is 18.3 Å². The average Bonchev–Trinajstić information content (AvgIpc) is 2.80. The molecule has 2 aliphatic heterocycles. The number of rotatable bonds is 6. The van der Waals surface area contributed by atoms with Crippen molar-refractivity contribution >= 4 is 21.7 Å². The summed E-state index contributed by atoms with van der Waals surface area (Å²) in [6.45, 7) is 1.22. The quantitative estimate of drug-likeness (QED) is 0.726. The van der Waals surface area contributed by atoms with E-state index in [4.69, 9.17) is 10.3 Å². The Hall–Kier alpha value is -3.02. The van der Waals surface area contributed by atoms with E-state index < -0.39 is 16.0 Å². The SMILES string of the molecule is N#Cc1ccc(S(=O)(=O)N2CC[C@@H](CC(=O)O)[C@@H](CC3=NCCc4ccccc43)C2)cc1. The summed E-state index contributed by atoms with van der Waals surface area (Å²) in [5.41, 5.74) is 3.64. The monoisotopic (exact) mass is 451 g/mol. The maximum Gasteiger partial charge on any atom is 0.303 e. The lowest BCUT2D eigenvalue weighted by Gasteiger charge is -2.38. The van der Waals surface area contributed by atoms with Gasteiger partial charge in [-0.05, 0) is 66.5 Å². The number of aliphatic imine (C=N–C) groups is 1. The van der Waals surface area contributed by atoms with E-state index in [0.29, 0.717) is 24.9 Å². The zero-order valence-corrected chi connectivity index (χ0v) is 18.5. The molecule has 4 rings (SSSR count). The van der Waals surface area contributed by atoms with E-state index in [1.807, 2.05) is 24.3 Å². The Balaban J connectivity index is 1.59. The van der Waals surface area contributed by atoms with E-state index in [0.717, 1.165) is 17.7 Å². The summed E-state index contributed by atoms with van der Waals surface area (Å²) in [5, 5.41) is 18.4. The predicted molar refractivity (Wildman–Crippen MR) is 120 cm³/mol. The number of benzene rings is 2. The van der Waals surface area contributed by atoms with Crippen molar-refractivity contribution in [1.29, 1.82) is 5.26 Å². The summed E-state index contributed by atoms with van der Waals surface area (Å²) in [7, 11) is -3.74. The van der Waals surface area contributed by atoms with E-state index in [1.165, 1.54) is 34.1 Å². The zero-order chi connectivity index (χ0) is 22.7. The predicted octanol–water partition coefficient (Wildman–Crippen LogP) is 3.10. The molecule has 0 spiro atoms. The number of nitriles is 1. The third-order valence-electron chi connectivity index (χ3n) is 6.38. The van der Waals surface area contributed by atoms with Crippen molar-refractivity contribution in [2.45, 2.75) is 30.6 Å². The number of hydrogen-bond acceptors (Lipinski definition) is 5. The topological polar surface area (TPSA) is 111 Å². The van der Waals surface area contributed by atoms with Crippen LogP contribution in [-0.4, -0.2) is 49.1 Å². The highest BCUT2D eigenvalue weighted by Gasteiger charge is 2.37. The Bertz CT molecular complexity index is 1180. The van der Waals surface area contributed by atoms with Gasteiger partial charge in [0.25, 0.3) is 0 Å². The Morgan fingerprint density at radius 2 is 1.91 bits per heavy atom. The van der Waals surface area contributed by atoms with Crippen LogP contribution in [0, 0.1) is 23.2 Å². The molecule has 8 heteroatoms. The van der Waals surface area contributed by atoms with Crippen LogP contribution in [0.15, 0.2) is 58.4 Å². The van der Waals surface area contributed by atoms with Gasteiger partial charge in [-0.15, -0.1) is 0 Å². The van der Waals surface area contributed by atoms with Crippen LogP contribution < -0.4 is 0 Å². The van der Waals surface area contributed by atoms with Crippen molar-refractivity contribution in [3.8, 4) is 6.07 Å². The first-order valence-corrected chi connectivity index (χ1v) is 12.2. The molecule has 0 bridgehead atoms. The van der Waals surface area contributed by atoms with Gasteiger partial charge in [0.1, 0.15) is 0 Å². The van der Waals surface area contributed by atoms with Gasteiger partial charge >= 0.3 is 5.97 Å². The van der Waals surface area contributed by atoms with Crippen LogP contribution in [0.2, 0.25) is 0 Å². The molecule has 1 saturated heterocycles. The fourth-order valence-corrected chi connectivity index (χ4v) is 6.19. The van der Waals surface area contributed by atoms with Gasteiger partial charge in [-0.25, -0.2) is 8.42 Å². The molecular weight excluding hydrogens is 426 g/mol. The summed E-state index contributed by atoms with van der Waals surface area (Å²) in [4.78, 5) is 16.3. The first-order chi connectivity index (χ1) is 15.4. The summed E-state index contributed by atoms with van der Waals surface area (Å²) >= 11 is 0.